The average Bonchev–Trinajstić information content (AvgIpc) is 2.61. The quantitative estimate of drug-likeness (QED) is 0.737. The Labute approximate surface area is 153 Å². The van der Waals surface area contributed by atoms with E-state index in [2.05, 4.69) is 5.32 Å². The molecule has 142 valence electrons. The molecule has 7 nitrogen and oxygen atoms in total. The van der Waals surface area contributed by atoms with Gasteiger partial charge in [-0.05, 0) is 51.0 Å². The molecule has 1 aromatic rings. The predicted molar refractivity (Wildman–Crippen MR) is 98.1 cm³/mol. The largest absolute Gasteiger partial charge is 0.481 e. The van der Waals surface area contributed by atoms with Gasteiger partial charge in [-0.1, -0.05) is 12.2 Å². The normalized spacial score (nSPS) is 20.3. The fourth-order valence-corrected chi connectivity index (χ4v) is 4.13. The standard InChI is InChI=1S/C18H24N2O5S/c1-12(2)20(3)26(24,25)14-10-8-13(9-11-14)19-17(21)15-6-4-5-7-16(15)18(22)23/h4-5,8-12,15-16H,6-7H2,1-3H3,(H,19,21)(H,22,23)/t15-,16-/m0/s1. The lowest BCUT2D eigenvalue weighted by Crippen LogP contribution is -2.34. The van der Waals surface area contributed by atoms with Crippen LogP contribution < -0.4 is 5.32 Å². The number of aliphatic carboxylic acids is 1. The molecule has 1 aliphatic rings. The Bertz CT molecular complexity index is 799. The van der Waals surface area contributed by atoms with Crippen molar-refractivity contribution in [1.82, 2.24) is 4.31 Å². The first-order chi connectivity index (χ1) is 12.1. The molecule has 0 saturated heterocycles. The molecular formula is C18H24N2O5S. The predicted octanol–water partition coefficient (Wildman–Crippen LogP) is 2.32. The number of hydrogen-bond donors (Lipinski definition) is 2. The highest BCUT2D eigenvalue weighted by atomic mass is 32.2. The highest BCUT2D eigenvalue weighted by Gasteiger charge is 2.34. The maximum Gasteiger partial charge on any atom is 0.307 e. The minimum absolute atomic E-state index is 0.135. The van der Waals surface area contributed by atoms with Crippen LogP contribution in [0.1, 0.15) is 26.7 Å². The van der Waals surface area contributed by atoms with Gasteiger partial charge in [0.1, 0.15) is 0 Å². The second kappa shape index (κ2) is 8.01. The molecule has 2 rings (SSSR count). The number of benzene rings is 1. The third-order valence-corrected chi connectivity index (χ3v) is 6.66. The van der Waals surface area contributed by atoms with Gasteiger partial charge in [-0.25, -0.2) is 8.42 Å². The number of hydrogen-bond acceptors (Lipinski definition) is 4. The maximum absolute atomic E-state index is 12.4. The molecule has 2 atom stereocenters. The van der Waals surface area contributed by atoms with Crippen molar-refractivity contribution in [3.05, 3.63) is 36.4 Å². The Morgan fingerprint density at radius 1 is 1.12 bits per heavy atom. The molecule has 1 aromatic carbocycles. The van der Waals surface area contributed by atoms with Gasteiger partial charge in [0.15, 0.2) is 0 Å². The van der Waals surface area contributed by atoms with Crippen LogP contribution in [0.4, 0.5) is 5.69 Å². The van der Waals surface area contributed by atoms with Gasteiger partial charge in [-0.15, -0.1) is 0 Å². The Kier molecular flexibility index (Phi) is 6.20. The summed E-state index contributed by atoms with van der Waals surface area (Å²) in [4.78, 5) is 23.9. The third-order valence-electron chi connectivity index (χ3n) is 4.61. The van der Waals surface area contributed by atoms with Crippen molar-refractivity contribution in [2.45, 2.75) is 37.6 Å². The van der Waals surface area contributed by atoms with Crippen molar-refractivity contribution in [3.63, 3.8) is 0 Å². The van der Waals surface area contributed by atoms with E-state index >= 15 is 0 Å². The molecule has 1 amide bonds. The van der Waals surface area contributed by atoms with Gasteiger partial charge < -0.3 is 10.4 Å². The fourth-order valence-electron chi connectivity index (χ4n) is 2.77. The van der Waals surface area contributed by atoms with Crippen molar-refractivity contribution in [3.8, 4) is 0 Å². The lowest BCUT2D eigenvalue weighted by Gasteiger charge is -2.24. The summed E-state index contributed by atoms with van der Waals surface area (Å²) >= 11 is 0. The molecule has 1 aliphatic carbocycles. The van der Waals surface area contributed by atoms with Gasteiger partial charge in [0.25, 0.3) is 0 Å². The first-order valence-electron chi connectivity index (χ1n) is 8.41. The SMILES string of the molecule is CC(C)N(C)S(=O)(=O)c1ccc(NC(=O)[C@H]2CC=CC[C@@H]2C(=O)O)cc1. The number of allylic oxidation sites excluding steroid dienone is 2. The average molecular weight is 380 g/mol. The van der Waals surface area contributed by atoms with Crippen LogP contribution in [0.25, 0.3) is 0 Å². The Balaban J connectivity index is 2.13. The van der Waals surface area contributed by atoms with Crippen molar-refractivity contribution < 1.29 is 23.1 Å². The topological polar surface area (TPSA) is 104 Å². The van der Waals surface area contributed by atoms with Crippen molar-refractivity contribution in [1.29, 1.82) is 0 Å². The zero-order valence-electron chi connectivity index (χ0n) is 15.0. The van der Waals surface area contributed by atoms with Gasteiger partial charge in [0.05, 0.1) is 16.7 Å². The molecule has 2 N–H and O–H groups in total. The van der Waals surface area contributed by atoms with Crippen LogP contribution >= 0.6 is 0 Å². The molecule has 0 fully saturated rings. The van der Waals surface area contributed by atoms with E-state index in [9.17, 15) is 23.1 Å². The minimum Gasteiger partial charge on any atom is -0.481 e. The second-order valence-electron chi connectivity index (χ2n) is 6.62. The first kappa shape index (κ1) is 20.1. The summed E-state index contributed by atoms with van der Waals surface area (Å²) in [6.07, 6.45) is 4.27. The number of rotatable bonds is 6. The number of nitrogens with zero attached hydrogens (tertiary/aromatic N) is 1. The fraction of sp³-hybridized carbons (Fsp3) is 0.444. The van der Waals surface area contributed by atoms with E-state index in [1.807, 2.05) is 0 Å². The number of nitrogens with one attached hydrogen (secondary N) is 1. The number of carbonyl (C=O) groups is 2. The van der Waals surface area contributed by atoms with E-state index in [1.165, 1.54) is 35.6 Å². The molecule has 0 bridgehead atoms. The van der Waals surface area contributed by atoms with E-state index in [0.717, 1.165) is 0 Å². The summed E-state index contributed by atoms with van der Waals surface area (Å²) in [5.41, 5.74) is 0.430. The van der Waals surface area contributed by atoms with Crippen molar-refractivity contribution >= 4 is 27.6 Å². The zero-order valence-corrected chi connectivity index (χ0v) is 15.9. The molecule has 26 heavy (non-hydrogen) atoms. The zero-order chi connectivity index (χ0) is 19.5. The van der Waals surface area contributed by atoms with Gasteiger partial charge in [0.2, 0.25) is 15.9 Å². The molecule has 8 heteroatoms. The number of anilines is 1. The molecule has 0 aliphatic heterocycles. The van der Waals surface area contributed by atoms with Crippen molar-refractivity contribution in [2.75, 3.05) is 12.4 Å². The van der Waals surface area contributed by atoms with E-state index in [4.69, 9.17) is 0 Å². The van der Waals surface area contributed by atoms with Gasteiger partial charge >= 0.3 is 5.97 Å². The summed E-state index contributed by atoms with van der Waals surface area (Å²) in [5, 5.41) is 11.9. The van der Waals surface area contributed by atoms with E-state index in [0.29, 0.717) is 18.5 Å². The molecule has 0 unspecified atom stereocenters. The van der Waals surface area contributed by atoms with E-state index in [-0.39, 0.29) is 16.8 Å². The molecule has 0 saturated carbocycles. The summed E-state index contributed by atoms with van der Waals surface area (Å²) in [6, 6.07) is 5.70. The third kappa shape index (κ3) is 4.31. The number of carboxylic acid groups (broad SMARTS) is 1. The second-order valence-corrected chi connectivity index (χ2v) is 8.62. The van der Waals surface area contributed by atoms with E-state index in [1.54, 1.807) is 26.0 Å². The first-order valence-corrected chi connectivity index (χ1v) is 9.85. The molecule has 0 aromatic heterocycles. The molecule has 0 spiro atoms. The highest BCUT2D eigenvalue weighted by Crippen LogP contribution is 2.27. The highest BCUT2D eigenvalue weighted by molar-refractivity contribution is 7.89. The summed E-state index contributed by atoms with van der Waals surface area (Å²) in [5.74, 6) is -2.77. The smallest absolute Gasteiger partial charge is 0.307 e. The van der Waals surface area contributed by atoms with Gasteiger partial charge in [-0.2, -0.15) is 4.31 Å². The molecular weight excluding hydrogens is 356 g/mol. The number of carboxylic acids is 1. The Morgan fingerprint density at radius 2 is 1.65 bits per heavy atom. The van der Waals surface area contributed by atoms with Crippen LogP contribution in [0.15, 0.2) is 41.3 Å². The number of sulfonamides is 1. The molecule has 0 heterocycles. The van der Waals surface area contributed by atoms with Gasteiger partial charge in [-0.3, -0.25) is 9.59 Å². The van der Waals surface area contributed by atoms with Crippen LogP contribution in [0.3, 0.4) is 0 Å². The summed E-state index contributed by atoms with van der Waals surface area (Å²) in [7, 11) is -2.08. The van der Waals surface area contributed by atoms with Crippen LogP contribution in [-0.4, -0.2) is 42.8 Å². The number of carbonyl (C=O) groups excluding carboxylic acids is 1. The van der Waals surface area contributed by atoms with Crippen LogP contribution in [0, 0.1) is 11.8 Å². The van der Waals surface area contributed by atoms with Crippen LogP contribution in [0.2, 0.25) is 0 Å². The maximum atomic E-state index is 12.4. The molecule has 0 radical (unpaired) electrons. The van der Waals surface area contributed by atoms with Crippen LogP contribution in [0.5, 0.6) is 0 Å². The van der Waals surface area contributed by atoms with Crippen molar-refractivity contribution in [2.24, 2.45) is 11.8 Å². The Morgan fingerprint density at radius 3 is 2.15 bits per heavy atom. The lowest BCUT2D eigenvalue weighted by molar-refractivity contribution is -0.146. The monoisotopic (exact) mass is 380 g/mol. The number of amides is 1. The van der Waals surface area contributed by atoms with E-state index < -0.39 is 27.8 Å². The van der Waals surface area contributed by atoms with Gasteiger partial charge in [0, 0.05) is 18.8 Å². The lowest BCUT2D eigenvalue weighted by atomic mass is 9.82. The van der Waals surface area contributed by atoms with Crippen LogP contribution in [-0.2, 0) is 19.6 Å². The summed E-state index contributed by atoms with van der Waals surface area (Å²) in [6.45, 7) is 3.56. The minimum atomic E-state index is -3.59. The summed E-state index contributed by atoms with van der Waals surface area (Å²) < 4.78 is 26.1. The Hall–Kier alpha value is -2.19.